The van der Waals surface area contributed by atoms with E-state index in [2.05, 4.69) is 33.8 Å². The van der Waals surface area contributed by atoms with Crippen molar-refractivity contribution in [2.24, 2.45) is 4.99 Å². The number of guanidine groups is 1. The van der Waals surface area contributed by atoms with Crippen LogP contribution in [0.1, 0.15) is 13.8 Å². The van der Waals surface area contributed by atoms with Crippen LogP contribution in [0, 0.1) is 0 Å². The highest BCUT2D eigenvalue weighted by atomic mass is 127. The first kappa shape index (κ1) is 20.3. The molecule has 0 aromatic heterocycles. The van der Waals surface area contributed by atoms with Crippen LogP contribution in [0.5, 0.6) is 0 Å². The summed E-state index contributed by atoms with van der Waals surface area (Å²) in [7, 11) is -1.37. The van der Waals surface area contributed by atoms with Crippen molar-refractivity contribution in [3.63, 3.8) is 0 Å². The number of sulfonamides is 1. The Hall–Kier alpha value is 0.260. The van der Waals surface area contributed by atoms with E-state index in [1.807, 2.05) is 11.8 Å². The predicted octanol–water partition coefficient (Wildman–Crippen LogP) is 0.556. The Labute approximate surface area is 143 Å². The molecule has 120 valence electrons. The minimum Gasteiger partial charge on any atom is -0.355 e. The fourth-order valence-electron chi connectivity index (χ4n) is 1.94. The lowest BCUT2D eigenvalue weighted by Crippen LogP contribution is -2.51. The minimum absolute atomic E-state index is 0. The number of thioether (sulfide) groups is 1. The van der Waals surface area contributed by atoms with Crippen LogP contribution >= 0.6 is 35.7 Å². The van der Waals surface area contributed by atoms with E-state index >= 15 is 0 Å². The first-order chi connectivity index (χ1) is 8.73. The molecule has 1 saturated heterocycles. The van der Waals surface area contributed by atoms with Crippen LogP contribution in [-0.4, -0.2) is 69.3 Å². The highest BCUT2D eigenvalue weighted by Crippen LogP contribution is 2.29. The fraction of sp³-hybridized carbons (Fsp3) is 0.909. The van der Waals surface area contributed by atoms with Gasteiger partial charge in [-0.25, -0.2) is 13.1 Å². The van der Waals surface area contributed by atoms with Crippen LogP contribution in [0.3, 0.4) is 0 Å². The van der Waals surface area contributed by atoms with E-state index in [1.54, 1.807) is 7.05 Å². The largest absolute Gasteiger partial charge is 0.355 e. The van der Waals surface area contributed by atoms with Crippen LogP contribution < -0.4 is 10.0 Å². The van der Waals surface area contributed by atoms with Crippen molar-refractivity contribution in [1.29, 1.82) is 0 Å². The van der Waals surface area contributed by atoms with Gasteiger partial charge in [-0.2, -0.15) is 11.8 Å². The van der Waals surface area contributed by atoms with Crippen molar-refractivity contribution in [2.75, 3.05) is 45.2 Å². The molecule has 0 amide bonds. The molecule has 9 heteroatoms. The maximum atomic E-state index is 10.9. The molecule has 0 aliphatic carbocycles. The van der Waals surface area contributed by atoms with Gasteiger partial charge in [0.15, 0.2) is 5.96 Å². The van der Waals surface area contributed by atoms with Gasteiger partial charge >= 0.3 is 0 Å². The minimum atomic E-state index is -3.12. The van der Waals surface area contributed by atoms with Crippen molar-refractivity contribution in [1.82, 2.24) is 14.9 Å². The number of nitrogens with one attached hydrogen (secondary N) is 2. The van der Waals surface area contributed by atoms with E-state index in [9.17, 15) is 8.42 Å². The zero-order valence-corrected chi connectivity index (χ0v) is 16.4. The number of rotatable bonds is 4. The van der Waals surface area contributed by atoms with Gasteiger partial charge in [-0.05, 0) is 13.8 Å². The van der Waals surface area contributed by atoms with Gasteiger partial charge in [0.1, 0.15) is 0 Å². The third kappa shape index (κ3) is 7.89. The third-order valence-corrected chi connectivity index (χ3v) is 4.74. The zero-order valence-electron chi connectivity index (χ0n) is 12.5. The van der Waals surface area contributed by atoms with Crippen LogP contribution in [-0.2, 0) is 10.0 Å². The Morgan fingerprint density at radius 1 is 1.40 bits per heavy atom. The standard InChI is InChI=1S/C11H24N4O2S2.HI/c1-11(2)9-15(7-8-18-11)10(12-3)13-5-6-14-19(4,16)17;/h14H,5-9H2,1-4H3,(H,12,13);1H. The summed E-state index contributed by atoms with van der Waals surface area (Å²) in [6, 6.07) is 0. The van der Waals surface area contributed by atoms with Crippen molar-refractivity contribution in [3.05, 3.63) is 0 Å². The number of hydrogen-bond acceptors (Lipinski definition) is 4. The molecule has 1 aliphatic rings. The fourth-order valence-corrected chi connectivity index (χ4v) is 3.52. The smallest absolute Gasteiger partial charge is 0.208 e. The second-order valence-electron chi connectivity index (χ2n) is 5.17. The topological polar surface area (TPSA) is 73.8 Å². The molecular formula is C11H25IN4O2S2. The average molecular weight is 436 g/mol. The molecule has 0 atom stereocenters. The molecule has 0 aromatic rings. The number of halogens is 1. The van der Waals surface area contributed by atoms with Crippen LogP contribution in [0.25, 0.3) is 0 Å². The van der Waals surface area contributed by atoms with Crippen LogP contribution in [0.15, 0.2) is 4.99 Å². The maximum Gasteiger partial charge on any atom is 0.208 e. The van der Waals surface area contributed by atoms with Gasteiger partial charge in [-0.15, -0.1) is 24.0 Å². The van der Waals surface area contributed by atoms with Gasteiger partial charge < -0.3 is 10.2 Å². The van der Waals surface area contributed by atoms with Gasteiger partial charge in [-0.3, -0.25) is 4.99 Å². The lowest BCUT2D eigenvalue weighted by Gasteiger charge is -2.39. The first-order valence-corrected chi connectivity index (χ1v) is 9.15. The van der Waals surface area contributed by atoms with Gasteiger partial charge in [-0.1, -0.05) is 0 Å². The summed E-state index contributed by atoms with van der Waals surface area (Å²) in [5, 5.41) is 3.19. The molecule has 2 N–H and O–H groups in total. The SMILES string of the molecule is CN=C(NCCNS(C)(=O)=O)N1CCSC(C)(C)C1.I. The Bertz CT molecular complexity index is 426. The second kappa shape index (κ2) is 8.64. The molecule has 1 rings (SSSR count). The lowest BCUT2D eigenvalue weighted by molar-refractivity contribution is 0.376. The van der Waals surface area contributed by atoms with Crippen molar-refractivity contribution in [2.45, 2.75) is 18.6 Å². The van der Waals surface area contributed by atoms with E-state index in [1.165, 1.54) is 0 Å². The number of nitrogens with zero attached hydrogens (tertiary/aromatic N) is 2. The molecule has 0 bridgehead atoms. The third-order valence-electron chi connectivity index (χ3n) is 2.71. The van der Waals surface area contributed by atoms with E-state index in [4.69, 9.17) is 0 Å². The molecule has 0 aromatic carbocycles. The average Bonchev–Trinajstić information content (AvgIpc) is 2.26. The van der Waals surface area contributed by atoms with Gasteiger partial charge in [0, 0.05) is 43.7 Å². The van der Waals surface area contributed by atoms with Crippen LogP contribution in [0.4, 0.5) is 0 Å². The Morgan fingerprint density at radius 3 is 2.55 bits per heavy atom. The summed E-state index contributed by atoms with van der Waals surface area (Å²) >= 11 is 1.97. The normalized spacial score (nSPS) is 19.4. The number of aliphatic imine (C=N–C) groups is 1. The monoisotopic (exact) mass is 436 g/mol. The Kier molecular flexibility index (Phi) is 8.75. The van der Waals surface area contributed by atoms with E-state index < -0.39 is 10.0 Å². The Balaban J connectivity index is 0.00000361. The predicted molar refractivity (Wildman–Crippen MR) is 97.7 cm³/mol. The van der Waals surface area contributed by atoms with Gasteiger partial charge in [0.2, 0.25) is 10.0 Å². The summed E-state index contributed by atoms with van der Waals surface area (Å²) in [5.74, 6) is 1.92. The molecule has 0 saturated carbocycles. The molecule has 20 heavy (non-hydrogen) atoms. The molecule has 0 radical (unpaired) electrons. The quantitative estimate of drug-likeness (QED) is 0.292. The zero-order chi connectivity index (χ0) is 14.5. The van der Waals surface area contributed by atoms with E-state index in [-0.39, 0.29) is 28.7 Å². The lowest BCUT2D eigenvalue weighted by atomic mass is 10.2. The molecule has 1 aliphatic heterocycles. The van der Waals surface area contributed by atoms with Gasteiger partial charge in [0.05, 0.1) is 6.26 Å². The maximum absolute atomic E-state index is 10.9. The summed E-state index contributed by atoms with van der Waals surface area (Å²) in [4.78, 5) is 6.48. The van der Waals surface area contributed by atoms with Crippen LogP contribution in [0.2, 0.25) is 0 Å². The van der Waals surface area contributed by atoms with Gasteiger partial charge in [0.25, 0.3) is 0 Å². The van der Waals surface area contributed by atoms with Crippen molar-refractivity contribution in [3.8, 4) is 0 Å². The molecule has 6 nitrogen and oxygen atoms in total. The molecule has 1 fully saturated rings. The van der Waals surface area contributed by atoms with E-state index in [0.29, 0.717) is 13.1 Å². The second-order valence-corrected chi connectivity index (χ2v) is 8.81. The molecule has 1 heterocycles. The van der Waals surface area contributed by atoms with Crippen molar-refractivity contribution >= 4 is 51.7 Å². The summed E-state index contributed by atoms with van der Waals surface area (Å²) in [6.45, 7) is 7.25. The molecule has 0 unspecified atom stereocenters. The highest BCUT2D eigenvalue weighted by Gasteiger charge is 2.28. The van der Waals surface area contributed by atoms with Crippen molar-refractivity contribution < 1.29 is 8.42 Å². The number of hydrogen-bond donors (Lipinski definition) is 2. The highest BCUT2D eigenvalue weighted by molar-refractivity contribution is 14.0. The molecule has 0 spiro atoms. The van der Waals surface area contributed by atoms with E-state index in [0.717, 1.165) is 31.1 Å². The first-order valence-electron chi connectivity index (χ1n) is 6.28. The summed E-state index contributed by atoms with van der Waals surface area (Å²) < 4.78 is 24.6. The molecular weight excluding hydrogens is 411 g/mol. The summed E-state index contributed by atoms with van der Waals surface area (Å²) in [6.07, 6.45) is 1.16. The Morgan fingerprint density at radius 2 is 2.05 bits per heavy atom. The summed E-state index contributed by atoms with van der Waals surface area (Å²) in [5.41, 5.74) is 0.